The minimum absolute atomic E-state index is 0.549. The first-order valence-corrected chi connectivity index (χ1v) is 11.1. The average Bonchev–Trinajstić information content (AvgIpc) is 3.22. The second kappa shape index (κ2) is 8.52. The van der Waals surface area contributed by atoms with Crippen molar-refractivity contribution in [2.45, 2.75) is 50.6 Å². The van der Waals surface area contributed by atoms with Crippen LogP contribution in [0.15, 0.2) is 45.3 Å². The Bertz CT molecular complexity index is 822. The van der Waals surface area contributed by atoms with Crippen molar-refractivity contribution < 1.29 is 0 Å². The van der Waals surface area contributed by atoms with Crippen LogP contribution < -0.4 is 0 Å². The first-order valence-electron chi connectivity index (χ1n) is 8.47. The monoisotopic (exact) mass is 435 g/mol. The summed E-state index contributed by atoms with van der Waals surface area (Å²) in [6.07, 6.45) is 1.07. The standard InChI is InChI=1S/C19H22BrN3S2/c1-4-9-23-18(15-10-17(13(2)3)24-12-15)21-22-19(23)25-11-14-5-7-16(20)8-6-14/h5-8,10,12-13H,4,9,11H2,1-3H3. The summed E-state index contributed by atoms with van der Waals surface area (Å²) in [4.78, 5) is 1.39. The quantitative estimate of drug-likeness (QED) is 0.391. The van der Waals surface area contributed by atoms with E-state index < -0.39 is 0 Å². The molecule has 1 aromatic carbocycles. The van der Waals surface area contributed by atoms with E-state index in [0.717, 1.165) is 34.2 Å². The van der Waals surface area contributed by atoms with Gasteiger partial charge in [0.1, 0.15) is 0 Å². The molecule has 0 amide bonds. The average molecular weight is 436 g/mol. The number of hydrogen-bond donors (Lipinski definition) is 0. The molecule has 0 atom stereocenters. The molecule has 0 fully saturated rings. The van der Waals surface area contributed by atoms with E-state index in [9.17, 15) is 0 Å². The molecular formula is C19H22BrN3S2. The van der Waals surface area contributed by atoms with Gasteiger partial charge in [0.05, 0.1) is 0 Å². The van der Waals surface area contributed by atoms with E-state index in [2.05, 4.69) is 87.2 Å². The van der Waals surface area contributed by atoms with E-state index in [-0.39, 0.29) is 0 Å². The maximum absolute atomic E-state index is 4.50. The topological polar surface area (TPSA) is 30.7 Å². The van der Waals surface area contributed by atoms with Gasteiger partial charge in [0.25, 0.3) is 0 Å². The lowest BCUT2D eigenvalue weighted by Gasteiger charge is -2.08. The van der Waals surface area contributed by atoms with Crippen LogP contribution >= 0.6 is 39.0 Å². The molecule has 0 bridgehead atoms. The minimum atomic E-state index is 0.549. The van der Waals surface area contributed by atoms with Crippen LogP contribution in [-0.4, -0.2) is 14.8 Å². The van der Waals surface area contributed by atoms with Crippen LogP contribution in [-0.2, 0) is 12.3 Å². The van der Waals surface area contributed by atoms with Crippen molar-refractivity contribution in [3.05, 3.63) is 50.6 Å². The van der Waals surface area contributed by atoms with Gasteiger partial charge in [-0.1, -0.05) is 60.6 Å². The fraction of sp³-hybridized carbons (Fsp3) is 0.368. The van der Waals surface area contributed by atoms with E-state index in [1.807, 2.05) is 11.3 Å². The normalized spacial score (nSPS) is 11.4. The fourth-order valence-electron chi connectivity index (χ4n) is 2.54. The zero-order chi connectivity index (χ0) is 17.8. The molecule has 3 rings (SSSR count). The highest BCUT2D eigenvalue weighted by Gasteiger charge is 2.16. The van der Waals surface area contributed by atoms with Gasteiger partial charge in [-0.25, -0.2) is 0 Å². The molecule has 2 aromatic heterocycles. The molecule has 0 saturated heterocycles. The van der Waals surface area contributed by atoms with Crippen LogP contribution in [0.1, 0.15) is 43.6 Å². The van der Waals surface area contributed by atoms with Crippen molar-refractivity contribution in [2.24, 2.45) is 0 Å². The number of nitrogens with zero attached hydrogens (tertiary/aromatic N) is 3. The molecule has 6 heteroatoms. The lowest BCUT2D eigenvalue weighted by Crippen LogP contribution is -2.01. The molecule has 0 spiro atoms. The first-order chi connectivity index (χ1) is 12.1. The first kappa shape index (κ1) is 18.7. The second-order valence-electron chi connectivity index (χ2n) is 6.27. The number of aromatic nitrogens is 3. The largest absolute Gasteiger partial charge is 0.302 e. The number of thiophene rings is 1. The van der Waals surface area contributed by atoms with E-state index in [0.29, 0.717) is 5.92 Å². The number of benzene rings is 1. The Morgan fingerprint density at radius 1 is 1.20 bits per heavy atom. The van der Waals surface area contributed by atoms with E-state index in [1.54, 1.807) is 11.8 Å². The molecule has 0 aliphatic rings. The van der Waals surface area contributed by atoms with Crippen LogP contribution in [0.25, 0.3) is 11.4 Å². The molecule has 25 heavy (non-hydrogen) atoms. The van der Waals surface area contributed by atoms with Crippen molar-refractivity contribution in [3.8, 4) is 11.4 Å². The summed E-state index contributed by atoms with van der Waals surface area (Å²) in [7, 11) is 0. The summed E-state index contributed by atoms with van der Waals surface area (Å²) in [5, 5.41) is 12.2. The lowest BCUT2D eigenvalue weighted by molar-refractivity contribution is 0.626. The van der Waals surface area contributed by atoms with Crippen LogP contribution in [0.5, 0.6) is 0 Å². The highest BCUT2D eigenvalue weighted by Crippen LogP contribution is 2.32. The summed E-state index contributed by atoms with van der Waals surface area (Å²) in [5.74, 6) is 2.44. The van der Waals surface area contributed by atoms with Crippen molar-refractivity contribution in [1.82, 2.24) is 14.8 Å². The Labute approximate surface area is 166 Å². The lowest BCUT2D eigenvalue weighted by atomic mass is 10.1. The Hall–Kier alpha value is -1.11. The fourth-order valence-corrected chi connectivity index (χ4v) is 4.62. The Morgan fingerprint density at radius 2 is 1.96 bits per heavy atom. The molecular weight excluding hydrogens is 414 g/mol. The zero-order valence-corrected chi connectivity index (χ0v) is 17.9. The zero-order valence-electron chi connectivity index (χ0n) is 14.7. The summed E-state index contributed by atoms with van der Waals surface area (Å²) in [6.45, 7) is 7.59. The van der Waals surface area contributed by atoms with Crippen molar-refractivity contribution in [1.29, 1.82) is 0 Å². The van der Waals surface area contributed by atoms with Gasteiger partial charge < -0.3 is 4.57 Å². The molecule has 0 N–H and O–H groups in total. The van der Waals surface area contributed by atoms with Gasteiger partial charge >= 0.3 is 0 Å². The smallest absolute Gasteiger partial charge is 0.191 e. The van der Waals surface area contributed by atoms with Gasteiger partial charge in [0.15, 0.2) is 11.0 Å². The van der Waals surface area contributed by atoms with Crippen LogP contribution in [0, 0.1) is 0 Å². The Balaban J connectivity index is 1.82. The second-order valence-corrected chi connectivity index (χ2v) is 9.07. The third kappa shape index (κ3) is 4.54. The Kier molecular flexibility index (Phi) is 6.36. The molecule has 0 unspecified atom stereocenters. The summed E-state index contributed by atoms with van der Waals surface area (Å²) >= 11 is 7.04. The number of thioether (sulfide) groups is 1. The van der Waals surface area contributed by atoms with E-state index >= 15 is 0 Å². The molecule has 0 aliphatic heterocycles. The minimum Gasteiger partial charge on any atom is -0.302 e. The Morgan fingerprint density at radius 3 is 2.60 bits per heavy atom. The number of halogens is 1. The van der Waals surface area contributed by atoms with E-state index in [4.69, 9.17) is 0 Å². The predicted molar refractivity (Wildman–Crippen MR) is 111 cm³/mol. The van der Waals surface area contributed by atoms with Gasteiger partial charge in [-0.3, -0.25) is 0 Å². The molecule has 3 nitrogen and oxygen atoms in total. The van der Waals surface area contributed by atoms with Gasteiger partial charge in [0, 0.05) is 32.6 Å². The molecule has 2 heterocycles. The number of rotatable bonds is 7. The van der Waals surface area contributed by atoms with Crippen molar-refractivity contribution in [3.63, 3.8) is 0 Å². The molecule has 0 radical (unpaired) electrons. The molecule has 3 aromatic rings. The third-order valence-electron chi connectivity index (χ3n) is 3.89. The van der Waals surface area contributed by atoms with Crippen molar-refractivity contribution in [2.75, 3.05) is 0 Å². The van der Waals surface area contributed by atoms with Gasteiger partial charge in [-0.05, 0) is 36.1 Å². The summed E-state index contributed by atoms with van der Waals surface area (Å²) in [5.41, 5.74) is 2.48. The van der Waals surface area contributed by atoms with Gasteiger partial charge in [-0.2, -0.15) is 0 Å². The molecule has 0 aliphatic carbocycles. The van der Waals surface area contributed by atoms with Crippen LogP contribution in [0.3, 0.4) is 0 Å². The number of hydrogen-bond acceptors (Lipinski definition) is 4. The summed E-state index contributed by atoms with van der Waals surface area (Å²) in [6, 6.07) is 10.7. The van der Waals surface area contributed by atoms with Gasteiger partial charge in [-0.15, -0.1) is 21.5 Å². The maximum atomic E-state index is 4.50. The molecule has 0 saturated carbocycles. The van der Waals surface area contributed by atoms with E-state index in [1.165, 1.54) is 16.0 Å². The summed E-state index contributed by atoms with van der Waals surface area (Å²) < 4.78 is 3.37. The third-order valence-corrected chi connectivity index (χ3v) is 6.69. The highest BCUT2D eigenvalue weighted by molar-refractivity contribution is 9.10. The van der Waals surface area contributed by atoms with Crippen LogP contribution in [0.2, 0.25) is 0 Å². The molecule has 132 valence electrons. The van der Waals surface area contributed by atoms with Gasteiger partial charge in [0.2, 0.25) is 0 Å². The SMILES string of the molecule is CCCn1c(SCc2ccc(Br)cc2)nnc1-c1csc(C(C)C)c1. The highest BCUT2D eigenvalue weighted by atomic mass is 79.9. The predicted octanol–water partition coefficient (Wildman–Crippen LogP) is 6.59. The van der Waals surface area contributed by atoms with Crippen LogP contribution in [0.4, 0.5) is 0 Å². The van der Waals surface area contributed by atoms with Crippen molar-refractivity contribution >= 4 is 39.0 Å². The maximum Gasteiger partial charge on any atom is 0.191 e.